The van der Waals surface area contributed by atoms with Gasteiger partial charge < -0.3 is 4.74 Å². The molecule has 0 aromatic heterocycles. The van der Waals surface area contributed by atoms with Crippen molar-refractivity contribution in [1.82, 2.24) is 0 Å². The lowest BCUT2D eigenvalue weighted by atomic mass is 10.2. The molecule has 0 radical (unpaired) electrons. The van der Waals surface area contributed by atoms with Crippen LogP contribution in [0.3, 0.4) is 0 Å². The SMILES string of the molecule is O=C1/C(=C\c2ccc(OCc3ccccc3)cc2)SC(=S)N1c1cccc(Cl)c1. The van der Waals surface area contributed by atoms with Crippen LogP contribution in [0.5, 0.6) is 5.75 Å². The summed E-state index contributed by atoms with van der Waals surface area (Å²) in [5.74, 6) is 0.629. The van der Waals surface area contributed by atoms with Crippen LogP contribution in [0.4, 0.5) is 5.69 Å². The van der Waals surface area contributed by atoms with Crippen LogP contribution in [0.25, 0.3) is 6.08 Å². The second-order valence-corrected chi connectivity index (χ2v) is 8.45. The minimum Gasteiger partial charge on any atom is -0.489 e. The summed E-state index contributed by atoms with van der Waals surface area (Å²) in [5, 5.41) is 0.562. The number of thiocarbonyl (C=S) groups is 1. The van der Waals surface area contributed by atoms with E-state index in [-0.39, 0.29) is 5.91 Å². The lowest BCUT2D eigenvalue weighted by Crippen LogP contribution is -2.27. The molecular weight excluding hydrogens is 422 g/mol. The molecule has 0 aliphatic carbocycles. The van der Waals surface area contributed by atoms with Gasteiger partial charge in [-0.1, -0.05) is 84.1 Å². The molecule has 0 saturated carbocycles. The topological polar surface area (TPSA) is 29.5 Å². The highest BCUT2D eigenvalue weighted by atomic mass is 35.5. The number of nitrogens with zero attached hydrogens (tertiary/aromatic N) is 1. The van der Waals surface area contributed by atoms with Gasteiger partial charge in [0, 0.05) is 5.02 Å². The van der Waals surface area contributed by atoms with E-state index in [1.54, 1.807) is 18.2 Å². The fourth-order valence-corrected chi connectivity index (χ4v) is 4.34. The van der Waals surface area contributed by atoms with Crippen LogP contribution in [0.15, 0.2) is 83.8 Å². The maximum atomic E-state index is 12.8. The number of benzene rings is 3. The molecule has 0 spiro atoms. The molecule has 3 aromatic rings. The summed E-state index contributed by atoms with van der Waals surface area (Å²) in [6, 6.07) is 24.8. The molecule has 1 aliphatic heterocycles. The number of halogens is 1. The number of anilines is 1. The summed E-state index contributed by atoms with van der Waals surface area (Å²) in [4.78, 5) is 14.9. The smallest absolute Gasteiger partial charge is 0.270 e. The van der Waals surface area contributed by atoms with Crippen LogP contribution in [0.2, 0.25) is 5.02 Å². The molecule has 0 N–H and O–H groups in total. The summed E-state index contributed by atoms with van der Waals surface area (Å²) in [6.45, 7) is 0.512. The first kappa shape index (κ1) is 19.7. The zero-order valence-corrected chi connectivity index (χ0v) is 17.6. The van der Waals surface area contributed by atoms with Crippen LogP contribution in [-0.4, -0.2) is 10.2 Å². The minimum absolute atomic E-state index is 0.147. The highest BCUT2D eigenvalue weighted by Gasteiger charge is 2.33. The number of carbonyl (C=O) groups is 1. The highest BCUT2D eigenvalue weighted by molar-refractivity contribution is 8.27. The first-order valence-electron chi connectivity index (χ1n) is 8.90. The Hall–Kier alpha value is -2.60. The van der Waals surface area contributed by atoms with Crippen molar-refractivity contribution >= 4 is 57.6 Å². The Bertz CT molecular complexity index is 1080. The van der Waals surface area contributed by atoms with Crippen molar-refractivity contribution in [1.29, 1.82) is 0 Å². The fraction of sp³-hybridized carbons (Fsp3) is 0.0435. The van der Waals surface area contributed by atoms with Gasteiger partial charge in [0.05, 0.1) is 10.6 Å². The fourth-order valence-electron chi connectivity index (χ4n) is 2.86. The van der Waals surface area contributed by atoms with Gasteiger partial charge in [-0.3, -0.25) is 9.69 Å². The average Bonchev–Trinajstić information content (AvgIpc) is 3.01. The van der Waals surface area contributed by atoms with Crippen molar-refractivity contribution in [3.63, 3.8) is 0 Å². The van der Waals surface area contributed by atoms with Crippen LogP contribution in [0, 0.1) is 0 Å². The number of ether oxygens (including phenoxy) is 1. The predicted octanol–water partition coefficient (Wildman–Crippen LogP) is 6.32. The number of rotatable bonds is 5. The van der Waals surface area contributed by atoms with E-state index in [9.17, 15) is 4.79 Å². The first-order chi connectivity index (χ1) is 14.1. The largest absolute Gasteiger partial charge is 0.489 e. The molecule has 144 valence electrons. The minimum atomic E-state index is -0.147. The zero-order valence-electron chi connectivity index (χ0n) is 15.2. The third-order valence-corrected chi connectivity index (χ3v) is 5.82. The summed E-state index contributed by atoms with van der Waals surface area (Å²) < 4.78 is 6.30. The summed E-state index contributed by atoms with van der Waals surface area (Å²) >= 11 is 12.7. The van der Waals surface area contributed by atoms with E-state index in [2.05, 4.69) is 0 Å². The maximum Gasteiger partial charge on any atom is 0.270 e. The number of hydrogen-bond acceptors (Lipinski definition) is 4. The van der Waals surface area contributed by atoms with E-state index in [4.69, 9.17) is 28.6 Å². The Morgan fingerprint density at radius 3 is 2.48 bits per heavy atom. The quantitative estimate of drug-likeness (QED) is 0.345. The van der Waals surface area contributed by atoms with Gasteiger partial charge in [0.1, 0.15) is 12.4 Å². The molecule has 4 rings (SSSR count). The molecule has 6 heteroatoms. The Morgan fingerprint density at radius 2 is 1.76 bits per heavy atom. The molecule has 3 nitrogen and oxygen atoms in total. The van der Waals surface area contributed by atoms with Gasteiger partial charge in [-0.2, -0.15) is 0 Å². The lowest BCUT2D eigenvalue weighted by molar-refractivity contribution is -0.113. The Kier molecular flexibility index (Phi) is 6.00. The van der Waals surface area contributed by atoms with E-state index in [1.807, 2.05) is 66.7 Å². The van der Waals surface area contributed by atoms with Gasteiger partial charge in [0.2, 0.25) is 0 Å². The summed E-state index contributed by atoms with van der Waals surface area (Å²) in [7, 11) is 0. The van der Waals surface area contributed by atoms with E-state index in [0.29, 0.717) is 26.5 Å². The molecule has 29 heavy (non-hydrogen) atoms. The lowest BCUT2D eigenvalue weighted by Gasteiger charge is -2.14. The standard InChI is InChI=1S/C23H16ClNO2S2/c24-18-7-4-8-19(14-18)25-22(26)21(29-23(25)28)13-16-9-11-20(12-10-16)27-15-17-5-2-1-3-6-17/h1-14H,15H2/b21-13+. The normalized spacial score (nSPS) is 15.2. The second-order valence-electron chi connectivity index (χ2n) is 6.34. The van der Waals surface area contributed by atoms with Crippen LogP contribution >= 0.6 is 35.6 Å². The molecule has 0 atom stereocenters. The zero-order chi connectivity index (χ0) is 20.2. The number of amides is 1. The van der Waals surface area contributed by atoms with Crippen molar-refractivity contribution in [2.24, 2.45) is 0 Å². The molecule has 0 bridgehead atoms. The highest BCUT2D eigenvalue weighted by Crippen LogP contribution is 2.36. The molecule has 3 aromatic carbocycles. The molecule has 1 saturated heterocycles. The molecule has 0 unspecified atom stereocenters. The van der Waals surface area contributed by atoms with Crippen molar-refractivity contribution in [2.75, 3.05) is 4.90 Å². The molecule has 1 aliphatic rings. The third-order valence-electron chi connectivity index (χ3n) is 4.29. The predicted molar refractivity (Wildman–Crippen MR) is 124 cm³/mol. The van der Waals surface area contributed by atoms with Crippen LogP contribution in [-0.2, 0) is 11.4 Å². The van der Waals surface area contributed by atoms with Gasteiger partial charge in [0.25, 0.3) is 5.91 Å². The van der Waals surface area contributed by atoms with Gasteiger partial charge >= 0.3 is 0 Å². The Labute approximate surface area is 183 Å². The molecule has 1 fully saturated rings. The summed E-state index contributed by atoms with van der Waals surface area (Å²) in [5.41, 5.74) is 2.69. The van der Waals surface area contributed by atoms with Gasteiger partial charge in [-0.15, -0.1) is 0 Å². The number of thioether (sulfide) groups is 1. The molecular formula is C23H16ClNO2S2. The molecule has 1 amide bonds. The summed E-state index contributed by atoms with van der Waals surface area (Å²) in [6.07, 6.45) is 1.84. The van der Waals surface area contributed by atoms with E-state index in [1.165, 1.54) is 16.7 Å². The first-order valence-corrected chi connectivity index (χ1v) is 10.5. The van der Waals surface area contributed by atoms with Gasteiger partial charge in [-0.05, 0) is 47.5 Å². The molecule has 1 heterocycles. The van der Waals surface area contributed by atoms with E-state index < -0.39 is 0 Å². The van der Waals surface area contributed by atoms with E-state index in [0.717, 1.165) is 16.9 Å². The van der Waals surface area contributed by atoms with Gasteiger partial charge in [0.15, 0.2) is 4.32 Å². The van der Waals surface area contributed by atoms with E-state index >= 15 is 0 Å². The average molecular weight is 438 g/mol. The number of hydrogen-bond donors (Lipinski definition) is 0. The van der Waals surface area contributed by atoms with Gasteiger partial charge in [-0.25, -0.2) is 0 Å². The monoisotopic (exact) mass is 437 g/mol. The Balaban J connectivity index is 1.46. The third kappa shape index (κ3) is 4.70. The second kappa shape index (κ2) is 8.82. The van der Waals surface area contributed by atoms with Crippen molar-refractivity contribution in [3.8, 4) is 5.75 Å². The maximum absolute atomic E-state index is 12.8. The number of carbonyl (C=O) groups excluding carboxylic acids is 1. The van der Waals surface area contributed by atoms with Crippen molar-refractivity contribution in [2.45, 2.75) is 6.61 Å². The van der Waals surface area contributed by atoms with Crippen molar-refractivity contribution in [3.05, 3.63) is 99.9 Å². The van der Waals surface area contributed by atoms with Crippen LogP contribution < -0.4 is 9.64 Å². The Morgan fingerprint density at radius 1 is 1.00 bits per heavy atom. The van der Waals surface area contributed by atoms with Crippen molar-refractivity contribution < 1.29 is 9.53 Å². The van der Waals surface area contributed by atoms with Crippen LogP contribution in [0.1, 0.15) is 11.1 Å².